The van der Waals surface area contributed by atoms with Gasteiger partial charge < -0.3 is 14.0 Å². The first-order valence-corrected chi connectivity index (χ1v) is 7.88. The van der Waals surface area contributed by atoms with Crippen molar-refractivity contribution in [1.82, 2.24) is 4.57 Å². The number of nitrogens with zero attached hydrogens (tertiary/aromatic N) is 1. The van der Waals surface area contributed by atoms with E-state index >= 15 is 0 Å². The molecular formula is C20H21NO4. The van der Waals surface area contributed by atoms with E-state index in [4.69, 9.17) is 9.47 Å². The first-order valence-electron chi connectivity index (χ1n) is 7.88. The summed E-state index contributed by atoms with van der Waals surface area (Å²) >= 11 is 0. The molecule has 0 N–H and O–H groups in total. The Bertz CT molecular complexity index is 874. The van der Waals surface area contributed by atoms with E-state index in [-0.39, 0.29) is 24.4 Å². The van der Waals surface area contributed by atoms with Gasteiger partial charge in [0.1, 0.15) is 6.61 Å². The Labute approximate surface area is 147 Å². The van der Waals surface area contributed by atoms with Crippen LogP contribution in [0.25, 0.3) is 0 Å². The molecule has 0 atom stereocenters. The van der Waals surface area contributed by atoms with Crippen LogP contribution in [-0.4, -0.2) is 24.1 Å². The molecule has 130 valence electrons. The van der Waals surface area contributed by atoms with Crippen molar-refractivity contribution in [3.05, 3.63) is 57.5 Å². The molecule has 5 nitrogen and oxygen atoms in total. The van der Waals surface area contributed by atoms with Crippen molar-refractivity contribution >= 4 is 5.78 Å². The number of ether oxygens (including phenoxy) is 2. The fourth-order valence-corrected chi connectivity index (χ4v) is 2.52. The molecule has 2 rings (SSSR count). The molecule has 0 radical (unpaired) electrons. The SMILES string of the molecule is CC#CCOc1cc(C(=O)Cn2c(C)cc(=O)cc2C)ccc1OC. The molecule has 0 aliphatic carbocycles. The van der Waals surface area contributed by atoms with Gasteiger partial charge in [-0.05, 0) is 39.0 Å². The second kappa shape index (κ2) is 8.20. The monoisotopic (exact) mass is 339 g/mol. The zero-order valence-electron chi connectivity index (χ0n) is 14.9. The zero-order valence-corrected chi connectivity index (χ0v) is 14.9. The first kappa shape index (κ1) is 18.3. The van der Waals surface area contributed by atoms with Crippen LogP contribution in [0.2, 0.25) is 0 Å². The van der Waals surface area contributed by atoms with Crippen molar-refractivity contribution in [2.45, 2.75) is 27.3 Å². The molecular weight excluding hydrogens is 318 g/mol. The summed E-state index contributed by atoms with van der Waals surface area (Å²) in [6, 6.07) is 8.10. The Morgan fingerprint density at radius 3 is 2.40 bits per heavy atom. The van der Waals surface area contributed by atoms with Gasteiger partial charge in [0, 0.05) is 29.1 Å². The fourth-order valence-electron chi connectivity index (χ4n) is 2.52. The lowest BCUT2D eigenvalue weighted by molar-refractivity contribution is 0.0970. The molecule has 0 amide bonds. The zero-order chi connectivity index (χ0) is 18.4. The van der Waals surface area contributed by atoms with Gasteiger partial charge in [-0.25, -0.2) is 0 Å². The van der Waals surface area contributed by atoms with E-state index in [2.05, 4.69) is 11.8 Å². The van der Waals surface area contributed by atoms with Crippen molar-refractivity contribution in [2.24, 2.45) is 0 Å². The summed E-state index contributed by atoms with van der Waals surface area (Å²) in [5, 5.41) is 0. The van der Waals surface area contributed by atoms with E-state index in [1.807, 2.05) is 18.4 Å². The van der Waals surface area contributed by atoms with Crippen molar-refractivity contribution in [3.63, 3.8) is 0 Å². The molecule has 25 heavy (non-hydrogen) atoms. The van der Waals surface area contributed by atoms with Crippen LogP contribution in [0.3, 0.4) is 0 Å². The second-order valence-electron chi connectivity index (χ2n) is 5.56. The second-order valence-corrected chi connectivity index (χ2v) is 5.56. The summed E-state index contributed by atoms with van der Waals surface area (Å²) in [6.07, 6.45) is 0. The maximum atomic E-state index is 12.7. The summed E-state index contributed by atoms with van der Waals surface area (Å²) in [5.74, 6) is 6.50. The highest BCUT2D eigenvalue weighted by Crippen LogP contribution is 2.28. The van der Waals surface area contributed by atoms with Crippen LogP contribution in [0.5, 0.6) is 11.5 Å². The minimum absolute atomic E-state index is 0.0594. The Kier molecular flexibility index (Phi) is 6.02. The van der Waals surface area contributed by atoms with E-state index in [1.54, 1.807) is 32.2 Å². The number of aromatic nitrogens is 1. The molecule has 0 bridgehead atoms. The van der Waals surface area contributed by atoms with Gasteiger partial charge in [0.2, 0.25) is 0 Å². The smallest absolute Gasteiger partial charge is 0.182 e. The lowest BCUT2D eigenvalue weighted by Crippen LogP contribution is -2.18. The lowest BCUT2D eigenvalue weighted by atomic mass is 10.1. The van der Waals surface area contributed by atoms with Gasteiger partial charge in [0.25, 0.3) is 0 Å². The maximum Gasteiger partial charge on any atom is 0.182 e. The molecule has 1 aromatic heterocycles. The molecule has 0 saturated heterocycles. The van der Waals surface area contributed by atoms with Crippen molar-refractivity contribution in [2.75, 3.05) is 13.7 Å². The van der Waals surface area contributed by atoms with Gasteiger partial charge in [0.05, 0.1) is 13.7 Å². The third kappa shape index (κ3) is 4.51. The minimum Gasteiger partial charge on any atom is -0.493 e. The molecule has 0 spiro atoms. The number of carbonyl (C=O) groups is 1. The normalized spacial score (nSPS) is 9.92. The highest BCUT2D eigenvalue weighted by atomic mass is 16.5. The number of benzene rings is 1. The molecule has 5 heteroatoms. The van der Waals surface area contributed by atoms with E-state index in [0.717, 1.165) is 11.4 Å². The number of pyridine rings is 1. The highest BCUT2D eigenvalue weighted by molar-refractivity contribution is 5.96. The number of carbonyl (C=O) groups excluding carboxylic acids is 1. The third-order valence-corrected chi connectivity index (χ3v) is 3.82. The first-order chi connectivity index (χ1) is 12.0. The Morgan fingerprint density at radius 1 is 1.12 bits per heavy atom. The molecule has 0 unspecified atom stereocenters. The van der Waals surface area contributed by atoms with Crippen LogP contribution in [0.1, 0.15) is 28.7 Å². The summed E-state index contributed by atoms with van der Waals surface area (Å²) in [5.41, 5.74) is 1.96. The number of hydrogen-bond donors (Lipinski definition) is 0. The number of hydrogen-bond acceptors (Lipinski definition) is 4. The van der Waals surface area contributed by atoms with Gasteiger partial charge in [-0.15, -0.1) is 5.92 Å². The largest absolute Gasteiger partial charge is 0.493 e. The van der Waals surface area contributed by atoms with Crippen molar-refractivity contribution < 1.29 is 14.3 Å². The molecule has 0 fully saturated rings. The summed E-state index contributed by atoms with van der Waals surface area (Å²) in [7, 11) is 1.54. The van der Waals surface area contributed by atoms with Gasteiger partial charge in [-0.2, -0.15) is 0 Å². The maximum absolute atomic E-state index is 12.7. The van der Waals surface area contributed by atoms with Crippen LogP contribution in [0.4, 0.5) is 0 Å². The third-order valence-electron chi connectivity index (χ3n) is 3.82. The van der Waals surface area contributed by atoms with Gasteiger partial charge in [-0.1, -0.05) is 5.92 Å². The van der Waals surface area contributed by atoms with E-state index in [1.165, 1.54) is 12.1 Å². The lowest BCUT2D eigenvalue weighted by Gasteiger charge is -2.14. The van der Waals surface area contributed by atoms with Gasteiger partial charge >= 0.3 is 0 Å². The topological polar surface area (TPSA) is 57.5 Å². The van der Waals surface area contributed by atoms with Gasteiger partial charge in [-0.3, -0.25) is 9.59 Å². The van der Waals surface area contributed by atoms with E-state index < -0.39 is 0 Å². The summed E-state index contributed by atoms with van der Waals surface area (Å²) < 4.78 is 12.6. The van der Waals surface area contributed by atoms with Crippen LogP contribution < -0.4 is 14.9 Å². The van der Waals surface area contributed by atoms with Crippen LogP contribution in [0.15, 0.2) is 35.1 Å². The number of ketones is 1. The molecule has 0 aliphatic heterocycles. The number of aryl methyl sites for hydroxylation is 2. The number of methoxy groups -OCH3 is 1. The Morgan fingerprint density at radius 2 is 1.80 bits per heavy atom. The predicted molar refractivity (Wildman–Crippen MR) is 96.4 cm³/mol. The van der Waals surface area contributed by atoms with Gasteiger partial charge in [0.15, 0.2) is 22.7 Å². The number of Topliss-reactive ketones (excluding diaryl/α,β-unsaturated/α-hetero) is 1. The highest BCUT2D eigenvalue weighted by Gasteiger charge is 2.13. The van der Waals surface area contributed by atoms with Crippen molar-refractivity contribution in [3.8, 4) is 23.3 Å². The quantitative estimate of drug-likeness (QED) is 0.600. The molecule has 0 aliphatic rings. The van der Waals surface area contributed by atoms with Crippen LogP contribution in [-0.2, 0) is 6.54 Å². The summed E-state index contributed by atoms with van der Waals surface area (Å²) in [6.45, 7) is 5.73. The summed E-state index contributed by atoms with van der Waals surface area (Å²) in [4.78, 5) is 24.2. The Balaban J connectivity index is 2.28. The van der Waals surface area contributed by atoms with E-state index in [0.29, 0.717) is 17.1 Å². The van der Waals surface area contributed by atoms with Crippen molar-refractivity contribution in [1.29, 1.82) is 0 Å². The average Bonchev–Trinajstić information content (AvgIpc) is 2.58. The molecule has 1 aromatic carbocycles. The standard InChI is InChI=1S/C20H21NO4/c1-5-6-9-25-20-12-16(7-8-19(20)24-4)18(23)13-21-14(2)10-17(22)11-15(21)3/h7-8,10-12H,9,13H2,1-4H3. The Hall–Kier alpha value is -3.00. The van der Waals surface area contributed by atoms with Crippen LogP contribution in [0, 0.1) is 25.7 Å². The molecule has 2 aromatic rings. The van der Waals surface area contributed by atoms with Crippen LogP contribution >= 0.6 is 0 Å². The molecule has 0 saturated carbocycles. The predicted octanol–water partition coefficient (Wildman–Crippen LogP) is 2.76. The molecule has 1 heterocycles. The minimum atomic E-state index is -0.0797. The van der Waals surface area contributed by atoms with E-state index in [9.17, 15) is 9.59 Å². The fraction of sp³-hybridized carbons (Fsp3) is 0.300. The number of rotatable bonds is 6. The average molecular weight is 339 g/mol.